The normalized spacial score (nSPS) is 11.4. The molecule has 2 N–H and O–H groups in total. The van der Waals surface area contributed by atoms with Crippen LogP contribution in [-0.2, 0) is 4.79 Å². The molecule has 1 unspecified atom stereocenters. The Kier molecular flexibility index (Phi) is 9.21. The summed E-state index contributed by atoms with van der Waals surface area (Å²) in [7, 11) is 3.18. The summed E-state index contributed by atoms with van der Waals surface area (Å²) in [6, 6.07) is 30.1. The summed E-state index contributed by atoms with van der Waals surface area (Å²) in [5.41, 5.74) is 4.82. The summed E-state index contributed by atoms with van der Waals surface area (Å²) < 4.78 is 10.7. The number of hydrogen-bond donors (Lipinski definition) is 2. The molecule has 0 fully saturated rings. The van der Waals surface area contributed by atoms with Crippen LogP contribution >= 0.6 is 23.1 Å². The van der Waals surface area contributed by atoms with E-state index in [9.17, 15) is 9.59 Å². The molecule has 212 valence electrons. The maximum absolute atomic E-state index is 13.6. The fraction of sp³-hybridized carbons (Fsp3) is 0.121. The fourth-order valence-electron chi connectivity index (χ4n) is 4.19. The molecule has 2 amide bonds. The number of anilines is 2. The third kappa shape index (κ3) is 6.99. The van der Waals surface area contributed by atoms with E-state index in [1.54, 1.807) is 26.4 Å². The minimum Gasteiger partial charge on any atom is -0.493 e. The molecule has 0 aliphatic heterocycles. The van der Waals surface area contributed by atoms with Crippen LogP contribution in [0.15, 0.2) is 107 Å². The molecular formula is C33H29N3O4S2. The first-order valence-corrected chi connectivity index (χ1v) is 14.9. The van der Waals surface area contributed by atoms with Crippen molar-refractivity contribution in [3.8, 4) is 22.8 Å². The molecule has 4 aromatic carbocycles. The molecule has 9 heteroatoms. The number of carbonyl (C=O) groups excluding carboxylic acids is 2. The number of thiazole rings is 1. The Morgan fingerprint density at radius 2 is 1.55 bits per heavy atom. The summed E-state index contributed by atoms with van der Waals surface area (Å²) in [6.07, 6.45) is 0. The number of carbonyl (C=O) groups is 2. The van der Waals surface area contributed by atoms with Gasteiger partial charge in [0.15, 0.2) is 16.6 Å². The number of methoxy groups -OCH3 is 2. The molecule has 0 aliphatic rings. The summed E-state index contributed by atoms with van der Waals surface area (Å²) in [4.78, 5) is 31.7. The van der Waals surface area contributed by atoms with Crippen LogP contribution in [-0.4, -0.2) is 31.0 Å². The second-order valence-electron chi connectivity index (χ2n) is 9.35. The zero-order chi connectivity index (χ0) is 29.5. The highest BCUT2D eigenvalue weighted by molar-refractivity contribution is 8.00. The molecular weight excluding hydrogens is 567 g/mol. The summed E-state index contributed by atoms with van der Waals surface area (Å²) in [5, 5.41) is 7.80. The zero-order valence-electron chi connectivity index (χ0n) is 23.3. The van der Waals surface area contributed by atoms with Crippen molar-refractivity contribution in [1.82, 2.24) is 4.98 Å². The van der Waals surface area contributed by atoms with Crippen molar-refractivity contribution in [1.29, 1.82) is 0 Å². The standard InChI is InChI=1S/C33H29N3O4S2/c1-21-9-11-23(12-10-21)31(37)34-25-14-16-26(17-15-25)42-30(22-7-5-4-6-8-22)32(38)36-33-35-27(20-41-33)24-13-18-28(39-2)29(19-24)40-3/h4-20,30H,1-3H3,(H,34,37)(H,35,36,38). The SMILES string of the molecule is COc1ccc(-c2csc(NC(=O)C(Sc3ccc(NC(=O)c4ccc(C)cc4)cc3)c3ccccc3)n2)cc1OC. The minimum absolute atomic E-state index is 0.173. The number of aryl methyl sites for hydroxylation is 1. The van der Waals surface area contributed by atoms with E-state index in [-0.39, 0.29) is 11.8 Å². The maximum atomic E-state index is 13.6. The lowest BCUT2D eigenvalue weighted by atomic mass is 10.1. The van der Waals surface area contributed by atoms with Gasteiger partial charge in [0, 0.05) is 27.1 Å². The molecule has 0 aliphatic carbocycles. The third-order valence-corrected chi connectivity index (χ3v) is 8.46. The van der Waals surface area contributed by atoms with Crippen molar-refractivity contribution in [2.75, 3.05) is 24.9 Å². The van der Waals surface area contributed by atoms with Gasteiger partial charge in [-0.05, 0) is 67.1 Å². The van der Waals surface area contributed by atoms with Crippen molar-refractivity contribution >= 4 is 45.7 Å². The van der Waals surface area contributed by atoms with E-state index in [1.807, 2.05) is 97.2 Å². The number of nitrogens with zero attached hydrogens (tertiary/aromatic N) is 1. The minimum atomic E-state index is -0.521. The van der Waals surface area contributed by atoms with Crippen molar-refractivity contribution in [3.05, 3.63) is 119 Å². The molecule has 42 heavy (non-hydrogen) atoms. The Labute approximate surface area is 252 Å². The van der Waals surface area contributed by atoms with Gasteiger partial charge in [-0.2, -0.15) is 0 Å². The number of aromatic nitrogens is 1. The lowest BCUT2D eigenvalue weighted by molar-refractivity contribution is -0.115. The largest absolute Gasteiger partial charge is 0.493 e. The van der Waals surface area contributed by atoms with Gasteiger partial charge in [-0.3, -0.25) is 9.59 Å². The van der Waals surface area contributed by atoms with E-state index in [2.05, 4.69) is 15.6 Å². The molecule has 0 radical (unpaired) electrons. The van der Waals surface area contributed by atoms with Crippen LogP contribution in [0.3, 0.4) is 0 Å². The van der Waals surface area contributed by atoms with Gasteiger partial charge in [0.1, 0.15) is 5.25 Å². The Balaban J connectivity index is 1.29. The van der Waals surface area contributed by atoms with Gasteiger partial charge in [0.05, 0.1) is 19.9 Å². The van der Waals surface area contributed by atoms with Crippen LogP contribution in [0.1, 0.15) is 26.7 Å². The number of ether oxygens (including phenoxy) is 2. The average Bonchev–Trinajstić information content (AvgIpc) is 3.49. The molecule has 1 heterocycles. The highest BCUT2D eigenvalue weighted by Gasteiger charge is 2.23. The quantitative estimate of drug-likeness (QED) is 0.160. The number of benzene rings is 4. The van der Waals surface area contributed by atoms with E-state index in [1.165, 1.54) is 23.1 Å². The average molecular weight is 596 g/mol. The van der Waals surface area contributed by atoms with Crippen molar-refractivity contribution in [2.24, 2.45) is 0 Å². The summed E-state index contributed by atoms with van der Waals surface area (Å²) in [5.74, 6) is 0.883. The zero-order valence-corrected chi connectivity index (χ0v) is 24.9. The molecule has 1 atom stereocenters. The molecule has 1 aromatic heterocycles. The second kappa shape index (κ2) is 13.4. The predicted molar refractivity (Wildman–Crippen MR) is 170 cm³/mol. The maximum Gasteiger partial charge on any atom is 0.255 e. The lowest BCUT2D eigenvalue weighted by Gasteiger charge is -2.16. The summed E-state index contributed by atoms with van der Waals surface area (Å²) in [6.45, 7) is 1.98. The van der Waals surface area contributed by atoms with E-state index in [0.29, 0.717) is 27.9 Å². The van der Waals surface area contributed by atoms with Crippen molar-refractivity contribution in [2.45, 2.75) is 17.1 Å². The van der Waals surface area contributed by atoms with Crippen LogP contribution in [0.5, 0.6) is 11.5 Å². The van der Waals surface area contributed by atoms with Gasteiger partial charge in [-0.15, -0.1) is 23.1 Å². The van der Waals surface area contributed by atoms with Crippen LogP contribution in [0, 0.1) is 6.92 Å². The Morgan fingerprint density at radius 3 is 2.24 bits per heavy atom. The van der Waals surface area contributed by atoms with Crippen LogP contribution < -0.4 is 20.1 Å². The smallest absolute Gasteiger partial charge is 0.255 e. The molecule has 7 nitrogen and oxygen atoms in total. The predicted octanol–water partition coefficient (Wildman–Crippen LogP) is 7.86. The number of hydrogen-bond acceptors (Lipinski definition) is 7. The number of nitrogens with one attached hydrogen (secondary N) is 2. The molecule has 0 saturated carbocycles. The van der Waals surface area contributed by atoms with E-state index < -0.39 is 5.25 Å². The van der Waals surface area contributed by atoms with E-state index in [0.717, 1.165) is 27.3 Å². The van der Waals surface area contributed by atoms with Gasteiger partial charge < -0.3 is 20.1 Å². The van der Waals surface area contributed by atoms with Gasteiger partial charge in [0.25, 0.3) is 5.91 Å². The first kappa shape index (κ1) is 28.9. The monoisotopic (exact) mass is 595 g/mol. The number of rotatable bonds is 10. The van der Waals surface area contributed by atoms with Gasteiger partial charge in [-0.25, -0.2) is 4.98 Å². The van der Waals surface area contributed by atoms with E-state index in [4.69, 9.17) is 9.47 Å². The summed E-state index contributed by atoms with van der Waals surface area (Å²) >= 11 is 2.79. The van der Waals surface area contributed by atoms with Gasteiger partial charge in [0.2, 0.25) is 5.91 Å². The lowest BCUT2D eigenvalue weighted by Crippen LogP contribution is -2.19. The Hall–Kier alpha value is -4.60. The molecule has 5 rings (SSSR count). The van der Waals surface area contributed by atoms with Crippen LogP contribution in [0.4, 0.5) is 10.8 Å². The van der Waals surface area contributed by atoms with Crippen molar-refractivity contribution in [3.63, 3.8) is 0 Å². The number of thioether (sulfide) groups is 1. The Bertz CT molecular complexity index is 1670. The molecule has 0 spiro atoms. The number of amides is 2. The third-order valence-electron chi connectivity index (χ3n) is 6.43. The molecule has 0 bridgehead atoms. The second-order valence-corrected chi connectivity index (χ2v) is 11.4. The fourth-order valence-corrected chi connectivity index (χ4v) is 5.94. The van der Waals surface area contributed by atoms with Crippen molar-refractivity contribution < 1.29 is 19.1 Å². The van der Waals surface area contributed by atoms with Crippen LogP contribution in [0.25, 0.3) is 11.3 Å². The highest BCUT2D eigenvalue weighted by atomic mass is 32.2. The molecule has 0 saturated heterocycles. The first-order valence-electron chi connectivity index (χ1n) is 13.1. The van der Waals surface area contributed by atoms with E-state index >= 15 is 0 Å². The van der Waals surface area contributed by atoms with Gasteiger partial charge in [-0.1, -0.05) is 48.0 Å². The Morgan fingerprint density at radius 1 is 0.833 bits per heavy atom. The van der Waals surface area contributed by atoms with Gasteiger partial charge >= 0.3 is 0 Å². The first-order chi connectivity index (χ1) is 20.4. The highest BCUT2D eigenvalue weighted by Crippen LogP contribution is 2.38. The molecule has 5 aromatic rings. The van der Waals surface area contributed by atoms with Crippen LogP contribution in [0.2, 0.25) is 0 Å². The topological polar surface area (TPSA) is 89.6 Å².